The molecule has 2 nitrogen and oxygen atoms in total. The van der Waals surface area contributed by atoms with Crippen LogP contribution in [0.15, 0.2) is 24.3 Å². The van der Waals surface area contributed by atoms with E-state index < -0.39 is 0 Å². The predicted molar refractivity (Wildman–Crippen MR) is 81.9 cm³/mol. The van der Waals surface area contributed by atoms with Crippen molar-refractivity contribution in [3.05, 3.63) is 35.6 Å². The molecule has 0 spiro atoms. The van der Waals surface area contributed by atoms with Gasteiger partial charge in [-0.05, 0) is 44.6 Å². The molecule has 1 saturated carbocycles. The molecule has 3 heteroatoms. The van der Waals surface area contributed by atoms with Crippen molar-refractivity contribution < 1.29 is 4.39 Å². The first-order chi connectivity index (χ1) is 9.49. The molecule has 0 saturated heterocycles. The Hall–Kier alpha value is -0.930. The average molecular weight is 278 g/mol. The fourth-order valence-electron chi connectivity index (χ4n) is 2.66. The summed E-state index contributed by atoms with van der Waals surface area (Å²) in [5.41, 5.74) is 6.90. The predicted octanol–water partition coefficient (Wildman–Crippen LogP) is 3.58. The Bertz CT molecular complexity index is 429. The Morgan fingerprint density at radius 2 is 1.90 bits per heavy atom. The zero-order valence-electron chi connectivity index (χ0n) is 12.8. The van der Waals surface area contributed by atoms with E-state index in [-0.39, 0.29) is 17.8 Å². The smallest absolute Gasteiger partial charge is 0.127 e. The van der Waals surface area contributed by atoms with Gasteiger partial charge >= 0.3 is 0 Å². The van der Waals surface area contributed by atoms with Crippen molar-refractivity contribution in [2.45, 2.75) is 45.7 Å². The van der Waals surface area contributed by atoms with Crippen LogP contribution in [0.1, 0.15) is 45.2 Å². The Kier molecular flexibility index (Phi) is 5.17. The van der Waals surface area contributed by atoms with Crippen LogP contribution in [0.4, 0.5) is 4.39 Å². The van der Waals surface area contributed by atoms with E-state index in [1.54, 1.807) is 12.1 Å². The molecule has 1 fully saturated rings. The van der Waals surface area contributed by atoms with Gasteiger partial charge in [-0.25, -0.2) is 4.39 Å². The Balaban J connectivity index is 1.98. The minimum atomic E-state index is -0.239. The zero-order valence-corrected chi connectivity index (χ0v) is 12.8. The lowest BCUT2D eigenvalue weighted by Crippen LogP contribution is -2.39. The SMILES string of the molecule is CC(CN(CC1CC1)C(C)C)C(N)c1ccccc1F. The molecule has 2 atom stereocenters. The second kappa shape index (κ2) is 6.68. The lowest BCUT2D eigenvalue weighted by Gasteiger charge is -2.32. The van der Waals surface area contributed by atoms with E-state index in [0.717, 1.165) is 19.0 Å². The summed E-state index contributed by atoms with van der Waals surface area (Å²) in [5.74, 6) is 0.924. The molecule has 0 aromatic heterocycles. The molecule has 2 N–H and O–H groups in total. The van der Waals surface area contributed by atoms with Gasteiger partial charge in [-0.2, -0.15) is 0 Å². The minimum Gasteiger partial charge on any atom is -0.324 e. The molecule has 1 aromatic rings. The van der Waals surface area contributed by atoms with E-state index in [4.69, 9.17) is 5.73 Å². The summed E-state index contributed by atoms with van der Waals surface area (Å²) in [6, 6.07) is 7.14. The molecule has 0 radical (unpaired) electrons. The van der Waals surface area contributed by atoms with Crippen LogP contribution in [0, 0.1) is 17.7 Å². The van der Waals surface area contributed by atoms with Crippen LogP contribution < -0.4 is 5.73 Å². The van der Waals surface area contributed by atoms with E-state index in [9.17, 15) is 4.39 Å². The van der Waals surface area contributed by atoms with Crippen molar-refractivity contribution in [1.29, 1.82) is 0 Å². The first-order valence-corrected chi connectivity index (χ1v) is 7.73. The van der Waals surface area contributed by atoms with E-state index in [2.05, 4.69) is 25.7 Å². The average Bonchev–Trinajstić information content (AvgIpc) is 3.21. The largest absolute Gasteiger partial charge is 0.324 e. The lowest BCUT2D eigenvalue weighted by molar-refractivity contribution is 0.173. The molecule has 2 rings (SSSR count). The van der Waals surface area contributed by atoms with Gasteiger partial charge in [0.15, 0.2) is 0 Å². The first kappa shape index (κ1) is 15.5. The van der Waals surface area contributed by atoms with Gasteiger partial charge in [0.25, 0.3) is 0 Å². The van der Waals surface area contributed by atoms with Crippen LogP contribution >= 0.6 is 0 Å². The van der Waals surface area contributed by atoms with Gasteiger partial charge in [-0.15, -0.1) is 0 Å². The maximum atomic E-state index is 13.8. The highest BCUT2D eigenvalue weighted by Crippen LogP contribution is 2.31. The van der Waals surface area contributed by atoms with Gasteiger partial charge in [-0.1, -0.05) is 25.1 Å². The molecule has 1 aliphatic rings. The number of benzene rings is 1. The molecule has 0 amide bonds. The Morgan fingerprint density at radius 3 is 2.45 bits per heavy atom. The van der Waals surface area contributed by atoms with Crippen molar-refractivity contribution in [1.82, 2.24) is 4.90 Å². The molecular weight excluding hydrogens is 251 g/mol. The summed E-state index contributed by atoms with van der Waals surface area (Å²) >= 11 is 0. The van der Waals surface area contributed by atoms with Crippen molar-refractivity contribution >= 4 is 0 Å². The van der Waals surface area contributed by atoms with Gasteiger partial charge < -0.3 is 10.6 Å². The summed E-state index contributed by atoms with van der Waals surface area (Å²) in [6.45, 7) is 8.67. The van der Waals surface area contributed by atoms with Crippen molar-refractivity contribution in [2.24, 2.45) is 17.6 Å². The summed E-state index contributed by atoms with van der Waals surface area (Å²) in [4.78, 5) is 2.49. The first-order valence-electron chi connectivity index (χ1n) is 7.73. The number of hydrogen-bond acceptors (Lipinski definition) is 2. The van der Waals surface area contributed by atoms with Crippen LogP contribution in [0.5, 0.6) is 0 Å². The molecule has 0 heterocycles. The van der Waals surface area contributed by atoms with Crippen LogP contribution in [0.25, 0.3) is 0 Å². The van der Waals surface area contributed by atoms with Crippen LogP contribution in [-0.4, -0.2) is 24.0 Å². The summed E-state index contributed by atoms with van der Waals surface area (Å²) < 4.78 is 13.8. The summed E-state index contributed by atoms with van der Waals surface area (Å²) in [6.07, 6.45) is 2.72. The summed E-state index contributed by atoms with van der Waals surface area (Å²) in [7, 11) is 0. The molecule has 112 valence electrons. The quantitative estimate of drug-likeness (QED) is 0.826. The highest BCUT2D eigenvalue weighted by molar-refractivity contribution is 5.21. The molecular formula is C17H27FN2. The molecule has 2 unspecified atom stereocenters. The van der Waals surface area contributed by atoms with Crippen molar-refractivity contribution in [3.8, 4) is 0 Å². The third kappa shape index (κ3) is 4.03. The Labute approximate surface area is 122 Å². The number of nitrogens with two attached hydrogens (primary N) is 1. The number of halogens is 1. The highest BCUT2D eigenvalue weighted by atomic mass is 19.1. The molecule has 0 aliphatic heterocycles. The number of hydrogen-bond donors (Lipinski definition) is 1. The van der Waals surface area contributed by atoms with Crippen molar-refractivity contribution in [2.75, 3.05) is 13.1 Å². The van der Waals surface area contributed by atoms with Gasteiger partial charge in [-0.3, -0.25) is 0 Å². The number of rotatable bonds is 7. The Morgan fingerprint density at radius 1 is 1.25 bits per heavy atom. The highest BCUT2D eigenvalue weighted by Gasteiger charge is 2.28. The van der Waals surface area contributed by atoms with E-state index >= 15 is 0 Å². The third-order valence-electron chi connectivity index (χ3n) is 4.32. The monoisotopic (exact) mass is 278 g/mol. The van der Waals surface area contributed by atoms with Crippen LogP contribution in [-0.2, 0) is 0 Å². The molecule has 0 bridgehead atoms. The topological polar surface area (TPSA) is 29.3 Å². The van der Waals surface area contributed by atoms with Gasteiger partial charge in [0.1, 0.15) is 5.82 Å². The second-order valence-corrected chi connectivity index (χ2v) is 6.52. The zero-order chi connectivity index (χ0) is 14.7. The van der Waals surface area contributed by atoms with Crippen LogP contribution in [0.3, 0.4) is 0 Å². The van der Waals surface area contributed by atoms with E-state index in [0.29, 0.717) is 11.6 Å². The standard InChI is InChI=1S/C17H27FN2/c1-12(2)20(11-14-8-9-14)10-13(3)17(19)15-6-4-5-7-16(15)18/h4-7,12-14,17H,8-11,19H2,1-3H3. The second-order valence-electron chi connectivity index (χ2n) is 6.52. The van der Waals surface area contributed by atoms with Gasteiger partial charge in [0, 0.05) is 30.7 Å². The molecule has 20 heavy (non-hydrogen) atoms. The lowest BCUT2D eigenvalue weighted by atomic mass is 9.94. The van der Waals surface area contributed by atoms with Crippen LogP contribution in [0.2, 0.25) is 0 Å². The maximum absolute atomic E-state index is 13.8. The normalized spacial score (nSPS) is 18.6. The molecule has 1 aliphatic carbocycles. The number of nitrogens with zero attached hydrogens (tertiary/aromatic N) is 1. The fraction of sp³-hybridized carbons (Fsp3) is 0.647. The fourth-order valence-corrected chi connectivity index (χ4v) is 2.66. The maximum Gasteiger partial charge on any atom is 0.127 e. The van der Waals surface area contributed by atoms with E-state index in [1.807, 2.05) is 6.07 Å². The van der Waals surface area contributed by atoms with E-state index in [1.165, 1.54) is 18.9 Å². The third-order valence-corrected chi connectivity index (χ3v) is 4.32. The molecule has 1 aromatic carbocycles. The van der Waals surface area contributed by atoms with Crippen molar-refractivity contribution in [3.63, 3.8) is 0 Å². The summed E-state index contributed by atoms with van der Waals surface area (Å²) in [5, 5.41) is 0. The minimum absolute atomic E-state index is 0.190. The van der Waals surface area contributed by atoms with Gasteiger partial charge in [0.05, 0.1) is 0 Å². The van der Waals surface area contributed by atoms with Gasteiger partial charge in [0.2, 0.25) is 0 Å².